The fourth-order valence-electron chi connectivity index (χ4n) is 1.49. The molecular formula is C10H18N4O3. The SMILES string of the molecule is CCOCCOc1c(C(N)=NO)c(C)nn1C. The van der Waals surface area contributed by atoms with Crippen LogP contribution in [0.15, 0.2) is 5.16 Å². The molecule has 1 heterocycles. The normalized spacial score (nSPS) is 11.8. The van der Waals surface area contributed by atoms with Gasteiger partial charge in [-0.1, -0.05) is 5.16 Å². The molecule has 0 saturated heterocycles. The van der Waals surface area contributed by atoms with Crippen LogP contribution < -0.4 is 10.5 Å². The largest absolute Gasteiger partial charge is 0.475 e. The first-order valence-electron chi connectivity index (χ1n) is 5.33. The quantitative estimate of drug-likeness (QED) is 0.245. The Hall–Kier alpha value is -1.76. The minimum absolute atomic E-state index is 0.0120. The van der Waals surface area contributed by atoms with E-state index in [1.807, 2.05) is 6.92 Å². The molecule has 0 bridgehead atoms. The summed E-state index contributed by atoms with van der Waals surface area (Å²) in [6, 6.07) is 0. The first-order valence-corrected chi connectivity index (χ1v) is 5.33. The number of nitrogens with zero attached hydrogens (tertiary/aromatic N) is 3. The molecule has 7 nitrogen and oxygen atoms in total. The summed E-state index contributed by atoms with van der Waals surface area (Å²) >= 11 is 0. The molecule has 0 aliphatic carbocycles. The molecule has 3 N–H and O–H groups in total. The third-order valence-electron chi connectivity index (χ3n) is 2.20. The van der Waals surface area contributed by atoms with Crippen molar-refractivity contribution in [2.24, 2.45) is 17.9 Å². The third kappa shape index (κ3) is 3.10. The van der Waals surface area contributed by atoms with Gasteiger partial charge in [0.05, 0.1) is 12.3 Å². The molecule has 0 spiro atoms. The predicted molar refractivity (Wildman–Crippen MR) is 62.4 cm³/mol. The summed E-state index contributed by atoms with van der Waals surface area (Å²) in [6.07, 6.45) is 0. The Balaban J connectivity index is 2.83. The van der Waals surface area contributed by atoms with Crippen molar-refractivity contribution in [2.45, 2.75) is 13.8 Å². The van der Waals surface area contributed by atoms with Gasteiger partial charge in [-0.05, 0) is 13.8 Å². The van der Waals surface area contributed by atoms with Gasteiger partial charge < -0.3 is 20.4 Å². The average Bonchev–Trinajstić information content (AvgIpc) is 2.59. The molecule has 17 heavy (non-hydrogen) atoms. The van der Waals surface area contributed by atoms with E-state index in [9.17, 15) is 0 Å². The van der Waals surface area contributed by atoms with Gasteiger partial charge in [0.25, 0.3) is 0 Å². The zero-order valence-electron chi connectivity index (χ0n) is 10.3. The van der Waals surface area contributed by atoms with Gasteiger partial charge in [0, 0.05) is 13.7 Å². The molecule has 0 fully saturated rings. The fourth-order valence-corrected chi connectivity index (χ4v) is 1.49. The molecule has 0 saturated carbocycles. The number of hydrogen-bond acceptors (Lipinski definition) is 5. The van der Waals surface area contributed by atoms with E-state index in [1.165, 1.54) is 0 Å². The van der Waals surface area contributed by atoms with E-state index in [0.717, 1.165) is 0 Å². The van der Waals surface area contributed by atoms with Crippen molar-refractivity contribution in [2.75, 3.05) is 19.8 Å². The number of nitrogens with two attached hydrogens (primary N) is 1. The second kappa shape index (κ2) is 6.09. The van der Waals surface area contributed by atoms with E-state index in [2.05, 4.69) is 10.3 Å². The lowest BCUT2D eigenvalue weighted by Crippen LogP contribution is -2.17. The van der Waals surface area contributed by atoms with Crippen molar-refractivity contribution in [3.05, 3.63) is 11.3 Å². The van der Waals surface area contributed by atoms with Crippen LogP contribution in [0.3, 0.4) is 0 Å². The first-order chi connectivity index (χ1) is 8.11. The van der Waals surface area contributed by atoms with Gasteiger partial charge in [-0.2, -0.15) is 5.10 Å². The summed E-state index contributed by atoms with van der Waals surface area (Å²) in [5.74, 6) is 0.458. The second-order valence-corrected chi connectivity index (χ2v) is 3.42. The smallest absolute Gasteiger partial charge is 0.223 e. The number of oxime groups is 1. The molecule has 7 heteroatoms. The second-order valence-electron chi connectivity index (χ2n) is 3.42. The van der Waals surface area contributed by atoms with Crippen molar-refractivity contribution in [1.82, 2.24) is 9.78 Å². The molecule has 1 aromatic rings. The summed E-state index contributed by atoms with van der Waals surface area (Å²) in [6.45, 7) is 5.19. The standard InChI is InChI=1S/C10H18N4O3/c1-4-16-5-6-17-10-8(9(11)13-15)7(2)12-14(10)3/h15H,4-6H2,1-3H3,(H2,11,13). The highest BCUT2D eigenvalue weighted by Gasteiger charge is 2.18. The van der Waals surface area contributed by atoms with Crippen molar-refractivity contribution in [3.63, 3.8) is 0 Å². The Labute approximate surface area is 99.8 Å². The zero-order valence-corrected chi connectivity index (χ0v) is 10.3. The maximum absolute atomic E-state index is 8.70. The molecule has 96 valence electrons. The van der Waals surface area contributed by atoms with Crippen LogP contribution >= 0.6 is 0 Å². The minimum Gasteiger partial charge on any atom is -0.475 e. The third-order valence-corrected chi connectivity index (χ3v) is 2.20. The Morgan fingerprint density at radius 2 is 2.24 bits per heavy atom. The monoisotopic (exact) mass is 242 g/mol. The molecule has 0 aromatic carbocycles. The lowest BCUT2D eigenvalue weighted by Gasteiger charge is -2.08. The number of hydrogen-bond donors (Lipinski definition) is 2. The zero-order chi connectivity index (χ0) is 12.8. The Kier molecular flexibility index (Phi) is 4.77. The summed E-state index contributed by atoms with van der Waals surface area (Å²) in [5, 5.41) is 15.8. The van der Waals surface area contributed by atoms with Crippen LogP contribution in [0.5, 0.6) is 5.88 Å². The van der Waals surface area contributed by atoms with Crippen LogP contribution in [-0.2, 0) is 11.8 Å². The Bertz CT molecular complexity index is 401. The average molecular weight is 242 g/mol. The number of rotatable bonds is 6. The number of ether oxygens (including phenoxy) is 2. The van der Waals surface area contributed by atoms with E-state index < -0.39 is 0 Å². The summed E-state index contributed by atoms with van der Waals surface area (Å²) in [7, 11) is 1.73. The summed E-state index contributed by atoms with van der Waals surface area (Å²) in [4.78, 5) is 0. The molecule has 0 aliphatic rings. The van der Waals surface area contributed by atoms with Gasteiger partial charge in [0.15, 0.2) is 5.84 Å². The van der Waals surface area contributed by atoms with Crippen molar-refractivity contribution in [1.29, 1.82) is 0 Å². The highest BCUT2D eigenvalue weighted by Crippen LogP contribution is 2.20. The van der Waals surface area contributed by atoms with Gasteiger partial charge >= 0.3 is 0 Å². The highest BCUT2D eigenvalue weighted by molar-refractivity contribution is 6.00. The molecule has 0 aliphatic heterocycles. The topological polar surface area (TPSA) is 94.9 Å². The lowest BCUT2D eigenvalue weighted by molar-refractivity contribution is 0.106. The molecular weight excluding hydrogens is 224 g/mol. The van der Waals surface area contributed by atoms with E-state index in [4.69, 9.17) is 20.4 Å². The van der Waals surface area contributed by atoms with Crippen molar-refractivity contribution >= 4 is 5.84 Å². The van der Waals surface area contributed by atoms with Crippen molar-refractivity contribution < 1.29 is 14.7 Å². The van der Waals surface area contributed by atoms with Crippen LogP contribution in [0, 0.1) is 6.92 Å². The first kappa shape index (κ1) is 13.3. The Morgan fingerprint density at radius 1 is 1.53 bits per heavy atom. The maximum Gasteiger partial charge on any atom is 0.223 e. The summed E-state index contributed by atoms with van der Waals surface area (Å²) < 4.78 is 12.2. The van der Waals surface area contributed by atoms with Gasteiger partial charge in [-0.15, -0.1) is 0 Å². The fraction of sp³-hybridized carbons (Fsp3) is 0.600. The molecule has 0 radical (unpaired) electrons. The van der Waals surface area contributed by atoms with Gasteiger partial charge in [0.1, 0.15) is 12.2 Å². The van der Waals surface area contributed by atoms with E-state index in [1.54, 1.807) is 18.7 Å². The molecule has 0 unspecified atom stereocenters. The van der Waals surface area contributed by atoms with Crippen LogP contribution in [0.25, 0.3) is 0 Å². The van der Waals surface area contributed by atoms with Crippen LogP contribution in [0.1, 0.15) is 18.2 Å². The van der Waals surface area contributed by atoms with E-state index in [0.29, 0.717) is 37.0 Å². The van der Waals surface area contributed by atoms with Gasteiger partial charge in [-0.3, -0.25) is 0 Å². The van der Waals surface area contributed by atoms with Crippen LogP contribution in [-0.4, -0.2) is 40.6 Å². The van der Waals surface area contributed by atoms with Crippen LogP contribution in [0.2, 0.25) is 0 Å². The Morgan fingerprint density at radius 3 is 2.82 bits per heavy atom. The van der Waals surface area contributed by atoms with E-state index >= 15 is 0 Å². The predicted octanol–water partition coefficient (Wildman–Crippen LogP) is 0.238. The van der Waals surface area contributed by atoms with E-state index in [-0.39, 0.29) is 5.84 Å². The molecule has 0 atom stereocenters. The number of amidine groups is 1. The maximum atomic E-state index is 8.70. The molecule has 1 rings (SSSR count). The van der Waals surface area contributed by atoms with Gasteiger partial charge in [0.2, 0.25) is 5.88 Å². The highest BCUT2D eigenvalue weighted by atomic mass is 16.5. The summed E-state index contributed by atoms with van der Waals surface area (Å²) in [5.41, 5.74) is 6.73. The minimum atomic E-state index is -0.0120. The number of aromatic nitrogens is 2. The molecule has 0 amide bonds. The molecule has 1 aromatic heterocycles. The lowest BCUT2D eigenvalue weighted by atomic mass is 10.2. The van der Waals surface area contributed by atoms with Crippen molar-refractivity contribution in [3.8, 4) is 5.88 Å². The number of aryl methyl sites for hydroxylation is 2. The van der Waals surface area contributed by atoms with Gasteiger partial charge in [-0.25, -0.2) is 4.68 Å². The van der Waals surface area contributed by atoms with Crippen LogP contribution in [0.4, 0.5) is 0 Å².